The van der Waals surface area contributed by atoms with E-state index in [1.807, 2.05) is 0 Å². The van der Waals surface area contributed by atoms with Crippen molar-refractivity contribution in [1.82, 2.24) is 9.78 Å². The van der Waals surface area contributed by atoms with E-state index in [2.05, 4.69) is 5.10 Å². The van der Waals surface area contributed by atoms with Gasteiger partial charge in [-0.05, 0) is 12.1 Å². The number of hydrogen-bond acceptors (Lipinski definition) is 2. The molecular formula is C10H9ClFN3. The van der Waals surface area contributed by atoms with Crippen LogP contribution in [0.4, 0.5) is 10.2 Å². The van der Waals surface area contributed by atoms with Crippen LogP contribution in [0.25, 0.3) is 0 Å². The Balaban J connectivity index is 2.28. The third-order valence-electron chi connectivity index (χ3n) is 2.03. The SMILES string of the molecule is Nc1ccn(Cc2cccc(Cl)c2F)n1. The van der Waals surface area contributed by atoms with Crippen molar-refractivity contribution in [2.24, 2.45) is 0 Å². The molecule has 3 nitrogen and oxygen atoms in total. The Morgan fingerprint density at radius 3 is 2.87 bits per heavy atom. The van der Waals surface area contributed by atoms with Gasteiger partial charge in [0.15, 0.2) is 0 Å². The number of aromatic nitrogens is 2. The van der Waals surface area contributed by atoms with Crippen molar-refractivity contribution in [3.63, 3.8) is 0 Å². The fourth-order valence-corrected chi connectivity index (χ4v) is 1.50. The smallest absolute Gasteiger partial charge is 0.146 e. The van der Waals surface area contributed by atoms with Crippen LogP contribution in [0.1, 0.15) is 5.56 Å². The van der Waals surface area contributed by atoms with E-state index in [-0.39, 0.29) is 5.02 Å². The summed E-state index contributed by atoms with van der Waals surface area (Å²) in [4.78, 5) is 0. The molecule has 15 heavy (non-hydrogen) atoms. The van der Waals surface area contributed by atoms with Gasteiger partial charge in [-0.15, -0.1) is 0 Å². The summed E-state index contributed by atoms with van der Waals surface area (Å²) in [6.45, 7) is 0.323. The van der Waals surface area contributed by atoms with E-state index in [0.29, 0.717) is 17.9 Å². The summed E-state index contributed by atoms with van der Waals surface area (Å²) in [5.41, 5.74) is 5.94. The number of anilines is 1. The third-order valence-corrected chi connectivity index (χ3v) is 2.32. The average molecular weight is 226 g/mol. The zero-order valence-corrected chi connectivity index (χ0v) is 8.58. The van der Waals surface area contributed by atoms with E-state index in [1.165, 1.54) is 6.07 Å². The number of halogens is 2. The van der Waals surface area contributed by atoms with E-state index in [1.54, 1.807) is 29.1 Å². The fourth-order valence-electron chi connectivity index (χ4n) is 1.31. The third kappa shape index (κ3) is 2.10. The molecule has 0 saturated carbocycles. The lowest BCUT2D eigenvalue weighted by Gasteiger charge is -2.04. The van der Waals surface area contributed by atoms with E-state index in [0.717, 1.165) is 0 Å². The topological polar surface area (TPSA) is 43.8 Å². The molecule has 0 aliphatic heterocycles. The lowest BCUT2D eigenvalue weighted by Crippen LogP contribution is -2.03. The predicted octanol–water partition coefficient (Wildman–Crippen LogP) is 2.31. The van der Waals surface area contributed by atoms with Gasteiger partial charge in [0, 0.05) is 11.8 Å². The summed E-state index contributed by atoms with van der Waals surface area (Å²) in [6.07, 6.45) is 1.69. The number of nitrogens with two attached hydrogens (primary N) is 1. The molecule has 0 bridgehead atoms. The van der Waals surface area contributed by atoms with Crippen molar-refractivity contribution in [2.75, 3.05) is 5.73 Å². The molecule has 2 N–H and O–H groups in total. The fraction of sp³-hybridized carbons (Fsp3) is 0.100. The van der Waals surface area contributed by atoms with Crippen LogP contribution in [0.15, 0.2) is 30.5 Å². The Labute approximate surface area is 91.3 Å². The van der Waals surface area contributed by atoms with E-state index < -0.39 is 5.82 Å². The molecule has 0 aliphatic rings. The first-order valence-corrected chi connectivity index (χ1v) is 4.76. The van der Waals surface area contributed by atoms with Gasteiger partial charge >= 0.3 is 0 Å². The highest BCUT2D eigenvalue weighted by atomic mass is 35.5. The second-order valence-electron chi connectivity index (χ2n) is 3.15. The largest absolute Gasteiger partial charge is 0.382 e. The van der Waals surface area contributed by atoms with Crippen molar-refractivity contribution in [3.8, 4) is 0 Å². The van der Waals surface area contributed by atoms with Crippen molar-refractivity contribution in [3.05, 3.63) is 46.9 Å². The van der Waals surface area contributed by atoms with Crippen LogP contribution in [0, 0.1) is 5.82 Å². The summed E-state index contributed by atoms with van der Waals surface area (Å²) in [5, 5.41) is 4.08. The number of hydrogen-bond donors (Lipinski definition) is 1. The summed E-state index contributed by atoms with van der Waals surface area (Å²) in [7, 11) is 0. The molecule has 0 radical (unpaired) electrons. The molecular weight excluding hydrogens is 217 g/mol. The highest BCUT2D eigenvalue weighted by molar-refractivity contribution is 6.30. The summed E-state index contributed by atoms with van der Waals surface area (Å²) in [5.74, 6) is 0.00525. The Kier molecular flexibility index (Phi) is 2.60. The molecule has 0 atom stereocenters. The van der Waals surface area contributed by atoms with Crippen LogP contribution >= 0.6 is 11.6 Å². The first-order valence-electron chi connectivity index (χ1n) is 4.38. The molecule has 0 spiro atoms. The molecule has 0 aliphatic carbocycles. The number of benzene rings is 1. The molecule has 1 aromatic heterocycles. The monoisotopic (exact) mass is 225 g/mol. The number of nitrogen functional groups attached to an aromatic ring is 1. The zero-order chi connectivity index (χ0) is 10.8. The molecule has 1 heterocycles. The second kappa shape index (κ2) is 3.90. The molecule has 0 unspecified atom stereocenters. The maximum Gasteiger partial charge on any atom is 0.146 e. The summed E-state index contributed by atoms with van der Waals surface area (Å²) in [6, 6.07) is 6.53. The van der Waals surface area contributed by atoms with Gasteiger partial charge in [0.25, 0.3) is 0 Å². The molecule has 0 saturated heterocycles. The van der Waals surface area contributed by atoms with E-state index >= 15 is 0 Å². The highest BCUT2D eigenvalue weighted by Gasteiger charge is 2.06. The standard InChI is InChI=1S/C10H9ClFN3/c11-8-3-1-2-7(10(8)12)6-15-5-4-9(13)14-15/h1-5H,6H2,(H2,13,14). The predicted molar refractivity (Wildman–Crippen MR) is 57.2 cm³/mol. The first kappa shape index (κ1) is 9.98. The van der Waals surface area contributed by atoms with Crippen LogP contribution < -0.4 is 5.73 Å². The van der Waals surface area contributed by atoms with Gasteiger partial charge in [0.2, 0.25) is 0 Å². The summed E-state index contributed by atoms with van der Waals surface area (Å²) < 4.78 is 15.0. The minimum Gasteiger partial charge on any atom is -0.382 e. The van der Waals surface area contributed by atoms with Gasteiger partial charge in [0.1, 0.15) is 11.6 Å². The van der Waals surface area contributed by atoms with Crippen molar-refractivity contribution < 1.29 is 4.39 Å². The molecule has 5 heteroatoms. The Hall–Kier alpha value is -1.55. The maximum atomic E-state index is 13.5. The number of nitrogens with zero attached hydrogens (tertiary/aromatic N) is 2. The lowest BCUT2D eigenvalue weighted by molar-refractivity contribution is 0.586. The van der Waals surface area contributed by atoms with E-state index in [4.69, 9.17) is 17.3 Å². The molecule has 0 amide bonds. The van der Waals surface area contributed by atoms with Crippen molar-refractivity contribution >= 4 is 17.4 Å². The van der Waals surface area contributed by atoms with Gasteiger partial charge in [-0.2, -0.15) is 5.10 Å². The Morgan fingerprint density at radius 2 is 2.20 bits per heavy atom. The van der Waals surface area contributed by atoms with Crippen molar-refractivity contribution in [1.29, 1.82) is 0 Å². The Bertz CT molecular complexity index is 481. The normalized spacial score (nSPS) is 10.5. The summed E-state index contributed by atoms with van der Waals surface area (Å²) >= 11 is 5.66. The molecule has 2 aromatic rings. The van der Waals surface area contributed by atoms with Crippen LogP contribution in [0.5, 0.6) is 0 Å². The first-order chi connectivity index (χ1) is 7.16. The highest BCUT2D eigenvalue weighted by Crippen LogP contribution is 2.18. The molecule has 1 aromatic carbocycles. The molecule has 0 fully saturated rings. The van der Waals surface area contributed by atoms with E-state index in [9.17, 15) is 4.39 Å². The zero-order valence-electron chi connectivity index (χ0n) is 7.82. The van der Waals surface area contributed by atoms with Crippen molar-refractivity contribution in [2.45, 2.75) is 6.54 Å². The second-order valence-corrected chi connectivity index (χ2v) is 3.56. The molecule has 2 rings (SSSR count). The Morgan fingerprint density at radius 1 is 1.40 bits per heavy atom. The van der Waals surface area contributed by atoms with Crippen LogP contribution in [-0.4, -0.2) is 9.78 Å². The lowest BCUT2D eigenvalue weighted by atomic mass is 10.2. The van der Waals surface area contributed by atoms with Crippen LogP contribution in [-0.2, 0) is 6.54 Å². The van der Waals surface area contributed by atoms with Crippen LogP contribution in [0.2, 0.25) is 5.02 Å². The van der Waals surface area contributed by atoms with Gasteiger partial charge in [-0.1, -0.05) is 23.7 Å². The van der Waals surface area contributed by atoms with Gasteiger partial charge in [-0.3, -0.25) is 4.68 Å². The van der Waals surface area contributed by atoms with Crippen LogP contribution in [0.3, 0.4) is 0 Å². The van der Waals surface area contributed by atoms with Gasteiger partial charge in [-0.25, -0.2) is 4.39 Å². The van der Waals surface area contributed by atoms with Gasteiger partial charge in [0.05, 0.1) is 11.6 Å². The minimum atomic E-state index is -0.409. The minimum absolute atomic E-state index is 0.118. The maximum absolute atomic E-state index is 13.5. The quantitative estimate of drug-likeness (QED) is 0.853. The molecule has 78 valence electrons. The number of rotatable bonds is 2. The van der Waals surface area contributed by atoms with Gasteiger partial charge < -0.3 is 5.73 Å². The average Bonchev–Trinajstić information content (AvgIpc) is 2.59.